The van der Waals surface area contributed by atoms with Crippen LogP contribution in [-0.2, 0) is 22.6 Å². The number of halogens is 1. The zero-order chi connectivity index (χ0) is 22.8. The van der Waals surface area contributed by atoms with Gasteiger partial charge < -0.3 is 9.64 Å². The fraction of sp³-hybridized carbons (Fsp3) is 0.556. The Labute approximate surface area is 202 Å². The molecule has 1 saturated carbocycles. The van der Waals surface area contributed by atoms with Crippen molar-refractivity contribution in [2.24, 2.45) is 11.3 Å². The monoisotopic (exact) mass is 467 g/mol. The van der Waals surface area contributed by atoms with E-state index in [0.29, 0.717) is 18.1 Å². The molecule has 1 amide bonds. The summed E-state index contributed by atoms with van der Waals surface area (Å²) in [6, 6.07) is 12.0. The quantitative estimate of drug-likeness (QED) is 0.583. The number of ether oxygens (including phenoxy) is 1. The van der Waals surface area contributed by atoms with Gasteiger partial charge in [-0.1, -0.05) is 29.8 Å². The minimum absolute atomic E-state index is 0.0963. The van der Waals surface area contributed by atoms with Gasteiger partial charge in [0.05, 0.1) is 17.2 Å². The lowest BCUT2D eigenvalue weighted by Gasteiger charge is -2.49. The first-order valence-electron chi connectivity index (χ1n) is 12.3. The van der Waals surface area contributed by atoms with Crippen LogP contribution in [0.5, 0.6) is 0 Å². The van der Waals surface area contributed by atoms with E-state index < -0.39 is 0 Å². The van der Waals surface area contributed by atoms with Crippen molar-refractivity contribution < 1.29 is 9.53 Å². The second kappa shape index (κ2) is 9.73. The summed E-state index contributed by atoms with van der Waals surface area (Å²) in [5.74, 6) is 0.992. The van der Waals surface area contributed by atoms with Crippen molar-refractivity contribution in [1.29, 1.82) is 0 Å². The molecular formula is C27H34ClN3O2. The Morgan fingerprint density at radius 2 is 2.09 bits per heavy atom. The topological polar surface area (TPSA) is 45.7 Å². The van der Waals surface area contributed by atoms with E-state index >= 15 is 0 Å². The molecule has 1 aliphatic carbocycles. The summed E-state index contributed by atoms with van der Waals surface area (Å²) in [4.78, 5) is 23.0. The number of hydrogen-bond donors (Lipinski definition) is 0. The van der Waals surface area contributed by atoms with Gasteiger partial charge in [0, 0.05) is 44.0 Å². The van der Waals surface area contributed by atoms with E-state index in [1.54, 1.807) is 0 Å². The van der Waals surface area contributed by atoms with Crippen molar-refractivity contribution in [3.05, 3.63) is 64.4 Å². The number of nitrogens with zero attached hydrogens (tertiary/aromatic N) is 3. The molecule has 2 aromatic rings. The van der Waals surface area contributed by atoms with Gasteiger partial charge in [-0.05, 0) is 80.8 Å². The van der Waals surface area contributed by atoms with Crippen molar-refractivity contribution in [3.63, 3.8) is 0 Å². The average molecular weight is 468 g/mol. The maximum atomic E-state index is 13.9. The molecule has 5 rings (SSSR count). The van der Waals surface area contributed by atoms with Crippen molar-refractivity contribution in [2.75, 3.05) is 26.2 Å². The van der Waals surface area contributed by atoms with Crippen molar-refractivity contribution >= 4 is 17.5 Å². The molecule has 1 spiro atoms. The summed E-state index contributed by atoms with van der Waals surface area (Å²) in [6.45, 7) is 6.77. The normalized spacial score (nSPS) is 26.2. The second-order valence-electron chi connectivity index (χ2n) is 10.3. The number of hydrogen-bond acceptors (Lipinski definition) is 4. The van der Waals surface area contributed by atoms with Crippen LogP contribution >= 0.6 is 11.6 Å². The molecule has 2 atom stereocenters. The number of pyridine rings is 1. The third-order valence-electron chi connectivity index (χ3n) is 7.46. The van der Waals surface area contributed by atoms with Gasteiger partial charge in [0.25, 0.3) is 0 Å². The van der Waals surface area contributed by atoms with Crippen LogP contribution in [-0.4, -0.2) is 53.0 Å². The predicted octanol–water partition coefficient (Wildman–Crippen LogP) is 4.85. The van der Waals surface area contributed by atoms with Crippen molar-refractivity contribution in [3.8, 4) is 0 Å². The molecule has 5 nitrogen and oxygen atoms in total. The molecule has 0 radical (unpaired) electrons. The Bertz CT molecular complexity index is 995. The number of rotatable bonds is 7. The first-order chi connectivity index (χ1) is 16.0. The zero-order valence-electron chi connectivity index (χ0n) is 19.5. The summed E-state index contributed by atoms with van der Waals surface area (Å²) in [6.07, 6.45) is 7.29. The molecule has 0 unspecified atom stereocenters. The molecule has 33 heavy (non-hydrogen) atoms. The highest BCUT2D eigenvalue weighted by atomic mass is 35.5. The van der Waals surface area contributed by atoms with Crippen LogP contribution in [0.25, 0.3) is 0 Å². The van der Waals surface area contributed by atoms with E-state index in [0.717, 1.165) is 62.7 Å². The smallest absolute Gasteiger partial charge is 0.230 e. The third-order valence-corrected chi connectivity index (χ3v) is 7.69. The summed E-state index contributed by atoms with van der Waals surface area (Å²) in [5, 5.41) is 0.711. The molecule has 2 aliphatic heterocycles. The molecule has 3 aliphatic rings. The van der Waals surface area contributed by atoms with Crippen LogP contribution in [0.15, 0.2) is 42.6 Å². The van der Waals surface area contributed by atoms with Gasteiger partial charge in [-0.25, -0.2) is 0 Å². The Kier molecular flexibility index (Phi) is 6.73. The Balaban J connectivity index is 1.35. The molecule has 0 bridgehead atoms. The Morgan fingerprint density at radius 3 is 2.88 bits per heavy atom. The van der Waals surface area contributed by atoms with Crippen LogP contribution in [0, 0.1) is 18.3 Å². The second-order valence-corrected chi connectivity index (χ2v) is 10.7. The first-order valence-corrected chi connectivity index (χ1v) is 12.7. The largest absolute Gasteiger partial charge is 0.376 e. The lowest BCUT2D eigenvalue weighted by molar-refractivity contribution is -0.161. The number of benzene rings is 1. The Morgan fingerprint density at radius 1 is 1.21 bits per heavy atom. The zero-order valence-corrected chi connectivity index (χ0v) is 20.3. The molecule has 3 fully saturated rings. The van der Waals surface area contributed by atoms with Gasteiger partial charge >= 0.3 is 0 Å². The molecule has 3 heterocycles. The van der Waals surface area contributed by atoms with E-state index in [4.69, 9.17) is 16.3 Å². The maximum Gasteiger partial charge on any atom is 0.230 e. The van der Waals surface area contributed by atoms with Crippen LogP contribution in [0.2, 0.25) is 5.02 Å². The van der Waals surface area contributed by atoms with Crippen LogP contribution in [0.4, 0.5) is 0 Å². The van der Waals surface area contributed by atoms with Gasteiger partial charge in [0.1, 0.15) is 0 Å². The number of carbonyl (C=O) groups is 1. The average Bonchev–Trinajstić information content (AvgIpc) is 3.62. The summed E-state index contributed by atoms with van der Waals surface area (Å²) >= 11 is 6.23. The number of amides is 1. The minimum atomic E-state index is -0.383. The minimum Gasteiger partial charge on any atom is -0.376 e. The van der Waals surface area contributed by atoms with E-state index in [1.165, 1.54) is 18.4 Å². The number of carbonyl (C=O) groups excluding carboxylic acids is 1. The molecular weight excluding hydrogens is 434 g/mol. The van der Waals surface area contributed by atoms with E-state index in [1.807, 2.05) is 35.4 Å². The predicted molar refractivity (Wildman–Crippen MR) is 130 cm³/mol. The molecule has 1 aromatic carbocycles. The van der Waals surface area contributed by atoms with E-state index in [9.17, 15) is 4.79 Å². The summed E-state index contributed by atoms with van der Waals surface area (Å²) in [7, 11) is 0. The molecule has 1 aromatic heterocycles. The number of piperidine rings is 2. The highest BCUT2D eigenvalue weighted by molar-refractivity contribution is 6.30. The van der Waals surface area contributed by atoms with Gasteiger partial charge in [-0.3, -0.25) is 14.7 Å². The standard InChI is InChI=1S/C27H34ClN3O2/c1-20-5-3-11-29-25(20)17-30-12-4-10-27(19-30)14-24(33-18-21-8-9-21)16-31(26(27)32)15-22-6-2-7-23(28)13-22/h2-3,5-7,11,13,21,24H,4,8-10,12,14-19H2,1H3/t24-,27-/m0/s1. The van der Waals surface area contributed by atoms with Crippen LogP contribution < -0.4 is 0 Å². The van der Waals surface area contributed by atoms with Gasteiger partial charge in [0.2, 0.25) is 5.91 Å². The fourth-order valence-corrected chi connectivity index (χ4v) is 5.72. The highest BCUT2D eigenvalue weighted by Gasteiger charge is 2.49. The molecule has 2 saturated heterocycles. The lowest BCUT2D eigenvalue weighted by atomic mass is 9.72. The SMILES string of the molecule is Cc1cccnc1CN1CCC[C@]2(C[C@H](OCC3CC3)CN(Cc3cccc(Cl)c3)C2=O)C1. The van der Waals surface area contributed by atoms with Crippen LogP contribution in [0.1, 0.15) is 48.9 Å². The summed E-state index contributed by atoms with van der Waals surface area (Å²) < 4.78 is 6.40. The lowest BCUT2D eigenvalue weighted by Crippen LogP contribution is -2.59. The highest BCUT2D eigenvalue weighted by Crippen LogP contribution is 2.42. The molecule has 176 valence electrons. The van der Waals surface area contributed by atoms with Crippen LogP contribution in [0.3, 0.4) is 0 Å². The van der Waals surface area contributed by atoms with E-state index in [2.05, 4.69) is 28.9 Å². The van der Waals surface area contributed by atoms with E-state index in [-0.39, 0.29) is 17.4 Å². The number of likely N-dealkylation sites (tertiary alicyclic amines) is 2. The van der Waals surface area contributed by atoms with Gasteiger partial charge in [0.15, 0.2) is 0 Å². The summed E-state index contributed by atoms with van der Waals surface area (Å²) in [5.41, 5.74) is 3.01. The van der Waals surface area contributed by atoms with Crippen molar-refractivity contribution in [2.45, 2.75) is 58.2 Å². The first kappa shape index (κ1) is 22.8. The van der Waals surface area contributed by atoms with Gasteiger partial charge in [-0.15, -0.1) is 0 Å². The molecule has 0 N–H and O–H groups in total. The molecule has 6 heteroatoms. The van der Waals surface area contributed by atoms with Crippen molar-refractivity contribution in [1.82, 2.24) is 14.8 Å². The van der Waals surface area contributed by atoms with Gasteiger partial charge in [-0.2, -0.15) is 0 Å². The number of aromatic nitrogens is 1. The third kappa shape index (κ3) is 5.42. The number of aryl methyl sites for hydroxylation is 1. The fourth-order valence-electron chi connectivity index (χ4n) is 5.51. The Hall–Kier alpha value is -1.95. The maximum absolute atomic E-state index is 13.9.